The highest BCUT2D eigenvalue weighted by atomic mass is 35.5. The van der Waals surface area contributed by atoms with E-state index >= 15 is 0 Å². The highest BCUT2D eigenvalue weighted by molar-refractivity contribution is 6.30. The average Bonchev–Trinajstić information content (AvgIpc) is 2.38. The summed E-state index contributed by atoms with van der Waals surface area (Å²) in [6.45, 7) is 0.586. The number of nitrogens with two attached hydrogens (primary N) is 1. The lowest BCUT2D eigenvalue weighted by atomic mass is 10.2. The van der Waals surface area contributed by atoms with Crippen molar-refractivity contribution in [2.75, 3.05) is 18.2 Å². The molecule has 0 unspecified atom stereocenters. The molecule has 2 aromatic rings. The number of ether oxygens (including phenoxy) is 1. The van der Waals surface area contributed by atoms with Gasteiger partial charge >= 0.3 is 0 Å². The minimum atomic E-state index is 0.523. The van der Waals surface area contributed by atoms with Crippen molar-refractivity contribution in [3.05, 3.63) is 47.1 Å². The van der Waals surface area contributed by atoms with Gasteiger partial charge in [0.2, 0.25) is 0 Å². The van der Waals surface area contributed by atoms with Crippen molar-refractivity contribution in [2.24, 2.45) is 0 Å². The molecule has 0 saturated heterocycles. The smallest absolute Gasteiger partial charge is 0.149 e. The Labute approximate surface area is 111 Å². The number of aromatic nitrogens is 1. The molecule has 0 aliphatic rings. The maximum Gasteiger partial charge on any atom is 0.149 e. The first-order valence-corrected chi connectivity index (χ1v) is 5.85. The molecule has 0 spiro atoms. The third kappa shape index (κ3) is 2.84. The second kappa shape index (κ2) is 5.60. The Balaban J connectivity index is 2.11. The van der Waals surface area contributed by atoms with E-state index in [-0.39, 0.29) is 0 Å². The highest BCUT2D eigenvalue weighted by Crippen LogP contribution is 2.22. The molecule has 18 heavy (non-hydrogen) atoms. The maximum absolute atomic E-state index is 5.82. The minimum absolute atomic E-state index is 0.523. The number of hydrogen-bond donors (Lipinski definition) is 2. The van der Waals surface area contributed by atoms with Crippen LogP contribution < -0.4 is 15.8 Å². The van der Waals surface area contributed by atoms with Gasteiger partial charge in [0, 0.05) is 18.3 Å². The van der Waals surface area contributed by atoms with Crippen molar-refractivity contribution >= 4 is 23.1 Å². The van der Waals surface area contributed by atoms with Gasteiger partial charge in [-0.1, -0.05) is 29.8 Å². The van der Waals surface area contributed by atoms with Crippen molar-refractivity contribution < 1.29 is 4.74 Å². The number of pyridine rings is 1. The predicted molar refractivity (Wildman–Crippen MR) is 74.0 cm³/mol. The first kappa shape index (κ1) is 12.5. The van der Waals surface area contributed by atoms with Crippen molar-refractivity contribution in [1.82, 2.24) is 4.98 Å². The van der Waals surface area contributed by atoms with Crippen LogP contribution in [0.4, 0.5) is 11.5 Å². The van der Waals surface area contributed by atoms with Crippen molar-refractivity contribution in [3.63, 3.8) is 0 Å². The topological polar surface area (TPSA) is 60.2 Å². The zero-order valence-electron chi connectivity index (χ0n) is 9.98. The number of hydrogen-bond acceptors (Lipinski definition) is 4. The van der Waals surface area contributed by atoms with Crippen LogP contribution >= 0.6 is 11.6 Å². The van der Waals surface area contributed by atoms with Gasteiger partial charge in [-0.25, -0.2) is 4.98 Å². The summed E-state index contributed by atoms with van der Waals surface area (Å²) in [4.78, 5) is 4.14. The van der Waals surface area contributed by atoms with E-state index in [0.717, 1.165) is 11.3 Å². The summed E-state index contributed by atoms with van der Waals surface area (Å²) in [7, 11) is 1.65. The predicted octanol–water partition coefficient (Wildman–Crippen LogP) is 2.94. The summed E-state index contributed by atoms with van der Waals surface area (Å²) >= 11 is 5.79. The molecule has 0 radical (unpaired) electrons. The zero-order chi connectivity index (χ0) is 13.0. The second-order valence-corrected chi connectivity index (χ2v) is 4.19. The minimum Gasteiger partial charge on any atom is -0.496 e. The first-order chi connectivity index (χ1) is 8.70. The fraction of sp³-hybridized carbons (Fsp3) is 0.154. The van der Waals surface area contributed by atoms with E-state index in [1.807, 2.05) is 24.3 Å². The summed E-state index contributed by atoms with van der Waals surface area (Å²) in [5, 5.41) is 3.68. The summed E-state index contributed by atoms with van der Waals surface area (Å²) in [6, 6.07) is 9.45. The lowest BCUT2D eigenvalue weighted by Gasteiger charge is -2.11. The van der Waals surface area contributed by atoms with Crippen LogP contribution in [0.2, 0.25) is 5.02 Å². The number of nitrogens with one attached hydrogen (secondary N) is 1. The molecule has 4 nitrogen and oxygen atoms in total. The van der Waals surface area contributed by atoms with Gasteiger partial charge < -0.3 is 15.8 Å². The van der Waals surface area contributed by atoms with Gasteiger partial charge in [-0.05, 0) is 12.1 Å². The summed E-state index contributed by atoms with van der Waals surface area (Å²) in [5.41, 5.74) is 7.38. The summed E-state index contributed by atoms with van der Waals surface area (Å²) in [5.74, 6) is 1.45. The number of rotatable bonds is 4. The molecule has 94 valence electrons. The molecule has 2 rings (SSSR count). The number of nitrogen functional groups attached to an aromatic ring is 1. The molecule has 0 aliphatic heterocycles. The maximum atomic E-state index is 5.82. The van der Waals surface area contributed by atoms with E-state index in [0.29, 0.717) is 23.1 Å². The van der Waals surface area contributed by atoms with Crippen molar-refractivity contribution in [2.45, 2.75) is 6.54 Å². The number of nitrogens with zero attached hydrogens (tertiary/aromatic N) is 1. The Morgan fingerprint density at radius 3 is 2.89 bits per heavy atom. The van der Waals surface area contributed by atoms with Crippen LogP contribution in [0.1, 0.15) is 5.56 Å². The Bertz CT molecular complexity index is 546. The molecule has 0 aliphatic carbocycles. The van der Waals surface area contributed by atoms with Gasteiger partial charge in [0.1, 0.15) is 11.6 Å². The monoisotopic (exact) mass is 263 g/mol. The van der Waals surface area contributed by atoms with Crippen LogP contribution in [0.25, 0.3) is 0 Å². The largest absolute Gasteiger partial charge is 0.496 e. The molecule has 0 amide bonds. The van der Waals surface area contributed by atoms with E-state index < -0.39 is 0 Å². The number of anilines is 2. The molecule has 1 heterocycles. The lowest BCUT2D eigenvalue weighted by Crippen LogP contribution is -2.05. The van der Waals surface area contributed by atoms with Crippen LogP contribution in [-0.2, 0) is 6.54 Å². The van der Waals surface area contributed by atoms with Crippen molar-refractivity contribution in [3.8, 4) is 5.75 Å². The number of methoxy groups -OCH3 is 1. The number of para-hydroxylation sites is 1. The highest BCUT2D eigenvalue weighted by Gasteiger charge is 2.04. The van der Waals surface area contributed by atoms with Gasteiger partial charge in [0.15, 0.2) is 0 Å². The molecule has 0 saturated carbocycles. The number of halogens is 1. The van der Waals surface area contributed by atoms with E-state index in [9.17, 15) is 0 Å². The summed E-state index contributed by atoms with van der Waals surface area (Å²) in [6.07, 6.45) is 1.56. The van der Waals surface area contributed by atoms with Gasteiger partial charge in [0.25, 0.3) is 0 Å². The molecule has 0 fully saturated rings. The molecule has 0 atom stereocenters. The van der Waals surface area contributed by atoms with Gasteiger partial charge in [-0.15, -0.1) is 0 Å². The second-order valence-electron chi connectivity index (χ2n) is 3.76. The molecule has 1 aromatic heterocycles. The molecular formula is C13H14ClN3O. The van der Waals surface area contributed by atoms with Crippen LogP contribution in [0.3, 0.4) is 0 Å². The Kier molecular flexibility index (Phi) is 3.89. The lowest BCUT2D eigenvalue weighted by molar-refractivity contribution is 0.410. The van der Waals surface area contributed by atoms with E-state index in [4.69, 9.17) is 22.1 Å². The van der Waals surface area contributed by atoms with E-state index in [2.05, 4.69) is 10.3 Å². The fourth-order valence-electron chi connectivity index (χ4n) is 1.63. The first-order valence-electron chi connectivity index (χ1n) is 5.47. The quantitative estimate of drug-likeness (QED) is 0.890. The Morgan fingerprint density at radius 2 is 2.17 bits per heavy atom. The summed E-state index contributed by atoms with van der Waals surface area (Å²) < 4.78 is 5.27. The normalized spacial score (nSPS) is 10.1. The Morgan fingerprint density at radius 1 is 1.39 bits per heavy atom. The van der Waals surface area contributed by atoms with E-state index in [1.54, 1.807) is 19.4 Å². The third-order valence-corrected chi connectivity index (χ3v) is 2.73. The fourth-order valence-corrected chi connectivity index (χ4v) is 1.80. The average molecular weight is 264 g/mol. The molecule has 5 heteroatoms. The zero-order valence-corrected chi connectivity index (χ0v) is 10.7. The van der Waals surface area contributed by atoms with E-state index in [1.165, 1.54) is 0 Å². The van der Waals surface area contributed by atoms with Crippen molar-refractivity contribution in [1.29, 1.82) is 0 Å². The molecule has 0 bridgehead atoms. The van der Waals surface area contributed by atoms with Crippen LogP contribution in [0, 0.1) is 0 Å². The third-order valence-electron chi connectivity index (χ3n) is 2.52. The van der Waals surface area contributed by atoms with Crippen LogP contribution in [0.15, 0.2) is 36.5 Å². The SMILES string of the molecule is COc1ccccc1CNc1ncc(Cl)cc1N. The Hall–Kier alpha value is -1.94. The molecule has 3 N–H and O–H groups in total. The van der Waals surface area contributed by atoms with Crippen LogP contribution in [-0.4, -0.2) is 12.1 Å². The number of benzene rings is 1. The van der Waals surface area contributed by atoms with Gasteiger partial charge in [0.05, 0.1) is 17.8 Å². The van der Waals surface area contributed by atoms with Gasteiger partial charge in [-0.3, -0.25) is 0 Å². The van der Waals surface area contributed by atoms with Crippen LogP contribution in [0.5, 0.6) is 5.75 Å². The van der Waals surface area contributed by atoms with Gasteiger partial charge in [-0.2, -0.15) is 0 Å². The molecular weight excluding hydrogens is 250 g/mol. The molecule has 1 aromatic carbocycles. The standard InChI is InChI=1S/C13H14ClN3O/c1-18-12-5-3-2-4-9(12)7-16-13-11(15)6-10(14)8-17-13/h2-6,8H,7,15H2,1H3,(H,16,17).